The van der Waals surface area contributed by atoms with Gasteiger partial charge in [0.1, 0.15) is 12.4 Å². The van der Waals surface area contributed by atoms with Crippen LogP contribution in [0.15, 0.2) is 85.5 Å². The van der Waals surface area contributed by atoms with Crippen LogP contribution in [0.2, 0.25) is 0 Å². The van der Waals surface area contributed by atoms with Crippen LogP contribution in [0.5, 0.6) is 11.5 Å². The van der Waals surface area contributed by atoms with Crippen molar-refractivity contribution in [2.24, 2.45) is 0 Å². The number of carbonyl (C=O) groups excluding carboxylic acids is 1. The van der Waals surface area contributed by atoms with Crippen LogP contribution in [0, 0.1) is 0 Å². The van der Waals surface area contributed by atoms with E-state index in [1.807, 2.05) is 73.7 Å². The van der Waals surface area contributed by atoms with E-state index in [2.05, 4.69) is 16.5 Å². The van der Waals surface area contributed by atoms with E-state index in [1.54, 1.807) is 19.2 Å². The number of allylic oxidation sites excluding steroid dienone is 1. The molecule has 6 nitrogen and oxygen atoms in total. The average molecular weight is 456 g/mol. The van der Waals surface area contributed by atoms with Crippen molar-refractivity contribution >= 4 is 16.9 Å². The maximum absolute atomic E-state index is 12.7. The standard InChI is InChI=1S/C28H29N3O3/c1-4-10-21-15-16-25(26(19-21)33-3)34-18-17-31-24-14-9-8-13-23(24)30-27(31)20(2)29-28(32)22-11-6-5-7-12-22/h4-9,11-16,19-20H,1,10,17-18H2,2-3H3,(H,29,32). The molecule has 174 valence electrons. The number of hydrogen-bond acceptors (Lipinski definition) is 4. The summed E-state index contributed by atoms with van der Waals surface area (Å²) in [6.45, 7) is 6.72. The Morgan fingerprint density at radius 2 is 1.85 bits per heavy atom. The number of methoxy groups -OCH3 is 1. The second-order valence-corrected chi connectivity index (χ2v) is 8.00. The first-order valence-corrected chi connectivity index (χ1v) is 11.3. The second-order valence-electron chi connectivity index (χ2n) is 8.00. The Morgan fingerprint density at radius 1 is 1.09 bits per heavy atom. The Bertz CT molecular complexity index is 1280. The summed E-state index contributed by atoms with van der Waals surface area (Å²) in [5.41, 5.74) is 3.61. The minimum atomic E-state index is -0.284. The highest BCUT2D eigenvalue weighted by atomic mass is 16.5. The van der Waals surface area contributed by atoms with Gasteiger partial charge in [-0.1, -0.05) is 42.5 Å². The van der Waals surface area contributed by atoms with Crippen LogP contribution in [0.25, 0.3) is 11.0 Å². The van der Waals surface area contributed by atoms with Gasteiger partial charge in [0.2, 0.25) is 0 Å². The third-order valence-corrected chi connectivity index (χ3v) is 5.64. The Morgan fingerprint density at radius 3 is 2.62 bits per heavy atom. The Balaban J connectivity index is 1.52. The van der Waals surface area contributed by atoms with Gasteiger partial charge in [0, 0.05) is 5.56 Å². The molecule has 1 aromatic heterocycles. The smallest absolute Gasteiger partial charge is 0.251 e. The van der Waals surface area contributed by atoms with E-state index >= 15 is 0 Å². The van der Waals surface area contributed by atoms with Crippen LogP contribution >= 0.6 is 0 Å². The van der Waals surface area contributed by atoms with Crippen molar-refractivity contribution in [2.45, 2.75) is 25.9 Å². The van der Waals surface area contributed by atoms with Crippen molar-refractivity contribution in [3.63, 3.8) is 0 Å². The molecule has 0 bridgehead atoms. The highest BCUT2D eigenvalue weighted by Crippen LogP contribution is 2.29. The van der Waals surface area contributed by atoms with E-state index in [0.29, 0.717) is 30.2 Å². The van der Waals surface area contributed by atoms with Crippen LogP contribution in [-0.2, 0) is 13.0 Å². The molecule has 4 aromatic rings. The first kappa shape index (κ1) is 23.1. The van der Waals surface area contributed by atoms with E-state index in [-0.39, 0.29) is 11.9 Å². The molecule has 1 atom stereocenters. The molecule has 0 aliphatic rings. The van der Waals surface area contributed by atoms with Gasteiger partial charge in [0.05, 0.1) is 30.7 Å². The fourth-order valence-corrected chi connectivity index (χ4v) is 3.97. The molecule has 0 saturated carbocycles. The summed E-state index contributed by atoms with van der Waals surface area (Å²) in [4.78, 5) is 17.5. The molecule has 34 heavy (non-hydrogen) atoms. The first-order chi connectivity index (χ1) is 16.6. The number of hydrogen-bond donors (Lipinski definition) is 1. The zero-order valence-electron chi connectivity index (χ0n) is 19.5. The monoisotopic (exact) mass is 455 g/mol. The maximum atomic E-state index is 12.7. The van der Waals surface area contributed by atoms with E-state index < -0.39 is 0 Å². The van der Waals surface area contributed by atoms with Crippen LogP contribution in [0.3, 0.4) is 0 Å². The summed E-state index contributed by atoms with van der Waals surface area (Å²) in [6, 6.07) is 22.8. The molecule has 3 aromatic carbocycles. The predicted molar refractivity (Wildman–Crippen MR) is 134 cm³/mol. The number of ether oxygens (including phenoxy) is 2. The Hall–Kier alpha value is -4.06. The summed E-state index contributed by atoms with van der Waals surface area (Å²) in [7, 11) is 1.64. The molecule has 1 N–H and O–H groups in total. The quantitative estimate of drug-likeness (QED) is 0.328. The minimum absolute atomic E-state index is 0.132. The second kappa shape index (κ2) is 10.7. The highest BCUT2D eigenvalue weighted by Gasteiger charge is 2.19. The molecule has 1 heterocycles. The Labute approximate surface area is 199 Å². The Kier molecular flexibility index (Phi) is 7.28. The fourth-order valence-electron chi connectivity index (χ4n) is 3.97. The molecule has 0 fully saturated rings. The van der Waals surface area contributed by atoms with Crippen LogP contribution in [-0.4, -0.2) is 29.2 Å². The molecule has 0 radical (unpaired) electrons. The van der Waals surface area contributed by atoms with E-state index in [9.17, 15) is 4.79 Å². The van der Waals surface area contributed by atoms with Crippen molar-refractivity contribution < 1.29 is 14.3 Å². The molecular weight excluding hydrogens is 426 g/mol. The van der Waals surface area contributed by atoms with Gasteiger partial charge < -0.3 is 19.4 Å². The molecule has 6 heteroatoms. The lowest BCUT2D eigenvalue weighted by molar-refractivity contribution is 0.0937. The summed E-state index contributed by atoms with van der Waals surface area (Å²) in [6.07, 6.45) is 2.63. The lowest BCUT2D eigenvalue weighted by Crippen LogP contribution is -2.29. The van der Waals surface area contributed by atoms with Crippen LogP contribution in [0.4, 0.5) is 0 Å². The average Bonchev–Trinajstić information content (AvgIpc) is 3.24. The summed E-state index contributed by atoms with van der Waals surface area (Å²) < 4.78 is 13.7. The van der Waals surface area contributed by atoms with Gasteiger partial charge in [-0.3, -0.25) is 4.79 Å². The van der Waals surface area contributed by atoms with Gasteiger partial charge in [-0.15, -0.1) is 6.58 Å². The van der Waals surface area contributed by atoms with Crippen molar-refractivity contribution in [2.75, 3.05) is 13.7 Å². The van der Waals surface area contributed by atoms with E-state index in [0.717, 1.165) is 28.8 Å². The number of imidazole rings is 1. The molecule has 4 rings (SSSR count). The zero-order valence-corrected chi connectivity index (χ0v) is 19.5. The molecule has 0 aliphatic carbocycles. The number of aromatic nitrogens is 2. The highest BCUT2D eigenvalue weighted by molar-refractivity contribution is 5.94. The lowest BCUT2D eigenvalue weighted by atomic mass is 10.1. The molecule has 0 saturated heterocycles. The number of nitrogens with zero attached hydrogens (tertiary/aromatic N) is 2. The van der Waals surface area contributed by atoms with Gasteiger partial charge in [-0.05, 0) is 55.3 Å². The zero-order chi connectivity index (χ0) is 23.9. The van der Waals surface area contributed by atoms with E-state index in [4.69, 9.17) is 14.5 Å². The van der Waals surface area contributed by atoms with Gasteiger partial charge in [-0.25, -0.2) is 4.98 Å². The number of rotatable bonds is 10. The summed E-state index contributed by atoms with van der Waals surface area (Å²) in [5.74, 6) is 2.03. The maximum Gasteiger partial charge on any atom is 0.251 e. The van der Waals surface area contributed by atoms with Gasteiger partial charge in [0.25, 0.3) is 5.91 Å². The van der Waals surface area contributed by atoms with Crippen LogP contribution < -0.4 is 14.8 Å². The topological polar surface area (TPSA) is 65.4 Å². The molecule has 1 amide bonds. The number of amides is 1. The molecule has 1 unspecified atom stereocenters. The largest absolute Gasteiger partial charge is 0.493 e. The van der Waals surface area contributed by atoms with Gasteiger partial charge in [-0.2, -0.15) is 0 Å². The minimum Gasteiger partial charge on any atom is -0.493 e. The molecule has 0 spiro atoms. The SMILES string of the molecule is C=CCc1ccc(OCCn2c(C(C)NC(=O)c3ccccc3)nc3ccccc32)c(OC)c1. The van der Waals surface area contributed by atoms with Crippen molar-refractivity contribution in [3.05, 3.63) is 102 Å². The number of para-hydroxylation sites is 2. The first-order valence-electron chi connectivity index (χ1n) is 11.3. The van der Waals surface area contributed by atoms with E-state index in [1.165, 1.54) is 0 Å². The third kappa shape index (κ3) is 5.12. The lowest BCUT2D eigenvalue weighted by Gasteiger charge is -2.17. The number of benzene rings is 3. The third-order valence-electron chi connectivity index (χ3n) is 5.64. The molecular formula is C28H29N3O3. The van der Waals surface area contributed by atoms with Crippen molar-refractivity contribution in [1.82, 2.24) is 14.9 Å². The van der Waals surface area contributed by atoms with Gasteiger partial charge >= 0.3 is 0 Å². The van der Waals surface area contributed by atoms with Gasteiger partial charge in [0.15, 0.2) is 11.5 Å². The van der Waals surface area contributed by atoms with Crippen LogP contribution in [0.1, 0.15) is 34.7 Å². The predicted octanol–water partition coefficient (Wildman–Crippen LogP) is 5.34. The number of fused-ring (bicyclic) bond motifs is 1. The number of carbonyl (C=O) groups is 1. The van der Waals surface area contributed by atoms with Crippen molar-refractivity contribution in [3.8, 4) is 11.5 Å². The van der Waals surface area contributed by atoms with Crippen molar-refractivity contribution in [1.29, 1.82) is 0 Å². The fraction of sp³-hybridized carbons (Fsp3) is 0.214. The normalized spacial score (nSPS) is 11.7. The molecule has 0 aliphatic heterocycles. The summed E-state index contributed by atoms with van der Waals surface area (Å²) in [5, 5.41) is 3.07. The summed E-state index contributed by atoms with van der Waals surface area (Å²) >= 11 is 0. The number of nitrogens with one attached hydrogen (secondary N) is 1.